The number of rotatable bonds is 5. The number of benzene rings is 2. The van der Waals surface area contributed by atoms with Gasteiger partial charge in [0, 0.05) is 22.0 Å². The zero-order valence-corrected chi connectivity index (χ0v) is 13.3. The topological polar surface area (TPSA) is 58.9 Å². The van der Waals surface area contributed by atoms with Gasteiger partial charge in [0.15, 0.2) is 0 Å². The number of hydrogen-bond acceptors (Lipinski definition) is 2. The molecule has 0 fully saturated rings. The van der Waals surface area contributed by atoms with Gasteiger partial charge in [0.1, 0.15) is 0 Å². The molecular weight excluding hydrogens is 288 g/mol. The lowest BCUT2D eigenvalue weighted by atomic mass is 9.90. The van der Waals surface area contributed by atoms with Crippen LogP contribution in [-0.2, 0) is 0 Å². The highest BCUT2D eigenvalue weighted by molar-refractivity contribution is 5.85. The van der Waals surface area contributed by atoms with E-state index in [-0.39, 0.29) is 17.4 Å². The molecule has 3 aromatic rings. The molecule has 0 aliphatic carbocycles. The van der Waals surface area contributed by atoms with E-state index < -0.39 is 0 Å². The van der Waals surface area contributed by atoms with Gasteiger partial charge in [-0.15, -0.1) is 0 Å². The van der Waals surface area contributed by atoms with Gasteiger partial charge in [0.25, 0.3) is 0 Å². The highest BCUT2D eigenvalue weighted by atomic mass is 16.6. The summed E-state index contributed by atoms with van der Waals surface area (Å²) in [6.07, 6.45) is 1.91. The number of nitrogens with zero attached hydrogens (tertiary/aromatic N) is 1. The van der Waals surface area contributed by atoms with Crippen molar-refractivity contribution < 1.29 is 4.92 Å². The molecule has 23 heavy (non-hydrogen) atoms. The molecule has 2 aromatic carbocycles. The Kier molecular flexibility index (Phi) is 4.15. The Morgan fingerprint density at radius 2 is 1.83 bits per heavy atom. The zero-order valence-electron chi connectivity index (χ0n) is 13.3. The maximum atomic E-state index is 11.2. The van der Waals surface area contributed by atoms with Crippen molar-refractivity contribution in [3.8, 4) is 0 Å². The second-order valence-electron chi connectivity index (χ2n) is 6.18. The van der Waals surface area contributed by atoms with Crippen LogP contribution >= 0.6 is 0 Å². The Balaban J connectivity index is 2.09. The maximum absolute atomic E-state index is 11.2. The summed E-state index contributed by atoms with van der Waals surface area (Å²) < 4.78 is 0. The molecule has 4 heteroatoms. The number of H-pyrrole nitrogens is 1. The summed E-state index contributed by atoms with van der Waals surface area (Å²) in [7, 11) is 0. The Morgan fingerprint density at radius 1 is 1.09 bits per heavy atom. The van der Waals surface area contributed by atoms with Crippen LogP contribution in [0.4, 0.5) is 0 Å². The minimum atomic E-state index is -0.246. The SMILES string of the molecule is CC(C)c1ccc2c([C@@H](C[N+](=O)[O-])c3ccccc3)c[nH]c2c1. The van der Waals surface area contributed by atoms with Gasteiger partial charge >= 0.3 is 0 Å². The van der Waals surface area contributed by atoms with E-state index in [1.54, 1.807) is 0 Å². The van der Waals surface area contributed by atoms with Crippen LogP contribution in [0.25, 0.3) is 10.9 Å². The molecule has 4 nitrogen and oxygen atoms in total. The molecule has 0 aliphatic rings. The van der Waals surface area contributed by atoms with Crippen molar-refractivity contribution in [1.82, 2.24) is 4.98 Å². The van der Waals surface area contributed by atoms with E-state index >= 15 is 0 Å². The van der Waals surface area contributed by atoms with Crippen LogP contribution in [0.15, 0.2) is 54.7 Å². The average molecular weight is 308 g/mol. The van der Waals surface area contributed by atoms with E-state index in [9.17, 15) is 10.1 Å². The van der Waals surface area contributed by atoms with Crippen LogP contribution in [-0.4, -0.2) is 16.5 Å². The molecule has 0 bridgehead atoms. The van der Waals surface area contributed by atoms with Crippen molar-refractivity contribution in [3.63, 3.8) is 0 Å². The Labute approximate surface area is 135 Å². The number of aromatic nitrogens is 1. The van der Waals surface area contributed by atoms with Crippen LogP contribution in [0, 0.1) is 10.1 Å². The average Bonchev–Trinajstić information content (AvgIpc) is 2.96. The Morgan fingerprint density at radius 3 is 2.48 bits per heavy atom. The lowest BCUT2D eigenvalue weighted by molar-refractivity contribution is -0.481. The van der Waals surface area contributed by atoms with Gasteiger partial charge in [-0.2, -0.15) is 0 Å². The fourth-order valence-corrected chi connectivity index (χ4v) is 3.03. The van der Waals surface area contributed by atoms with Gasteiger partial charge in [-0.25, -0.2) is 0 Å². The molecule has 0 amide bonds. The number of nitro groups is 1. The summed E-state index contributed by atoms with van der Waals surface area (Å²) in [5, 5.41) is 12.2. The van der Waals surface area contributed by atoms with Crippen LogP contribution < -0.4 is 0 Å². The van der Waals surface area contributed by atoms with E-state index in [4.69, 9.17) is 0 Å². The summed E-state index contributed by atoms with van der Waals surface area (Å²) in [6.45, 7) is 4.21. The zero-order chi connectivity index (χ0) is 16.4. The van der Waals surface area contributed by atoms with Gasteiger partial charge in [-0.1, -0.05) is 56.3 Å². The largest absolute Gasteiger partial charge is 0.361 e. The van der Waals surface area contributed by atoms with E-state index in [0.29, 0.717) is 5.92 Å². The predicted octanol–water partition coefficient (Wildman–Crippen LogP) is 4.70. The van der Waals surface area contributed by atoms with Crippen LogP contribution in [0.1, 0.15) is 42.4 Å². The standard InChI is InChI=1S/C19H20N2O2/c1-13(2)15-8-9-16-17(11-20-19(16)10-15)18(12-21(22)23)14-6-4-3-5-7-14/h3-11,13,18,20H,12H2,1-2H3/t18-/m0/s1. The molecule has 0 radical (unpaired) electrons. The molecule has 3 rings (SSSR count). The van der Waals surface area contributed by atoms with Crippen molar-refractivity contribution in [1.29, 1.82) is 0 Å². The summed E-state index contributed by atoms with van der Waals surface area (Å²) >= 11 is 0. The third-order valence-electron chi connectivity index (χ3n) is 4.31. The minimum Gasteiger partial charge on any atom is -0.361 e. The molecule has 1 atom stereocenters. The van der Waals surface area contributed by atoms with E-state index in [1.165, 1.54) is 5.56 Å². The summed E-state index contributed by atoms with van der Waals surface area (Å²) in [5.41, 5.74) is 4.25. The van der Waals surface area contributed by atoms with Crippen LogP contribution in [0.2, 0.25) is 0 Å². The summed E-state index contributed by atoms with van der Waals surface area (Å²) in [6, 6.07) is 16.0. The smallest absolute Gasteiger partial charge is 0.214 e. The van der Waals surface area contributed by atoms with Crippen molar-refractivity contribution in [3.05, 3.63) is 81.5 Å². The van der Waals surface area contributed by atoms with Crippen molar-refractivity contribution >= 4 is 10.9 Å². The molecule has 118 valence electrons. The summed E-state index contributed by atoms with van der Waals surface area (Å²) in [4.78, 5) is 14.2. The molecular formula is C19H20N2O2. The number of aromatic amines is 1. The Bertz CT molecular complexity index is 822. The van der Waals surface area contributed by atoms with Crippen molar-refractivity contribution in [2.75, 3.05) is 6.54 Å². The van der Waals surface area contributed by atoms with Gasteiger partial charge in [0.05, 0.1) is 5.92 Å². The first-order valence-corrected chi connectivity index (χ1v) is 7.84. The highest BCUT2D eigenvalue weighted by Gasteiger charge is 2.23. The lowest BCUT2D eigenvalue weighted by Gasteiger charge is -2.13. The monoisotopic (exact) mass is 308 g/mol. The van der Waals surface area contributed by atoms with E-state index in [1.807, 2.05) is 36.5 Å². The molecule has 1 aromatic heterocycles. The summed E-state index contributed by atoms with van der Waals surface area (Å²) in [5.74, 6) is 0.208. The molecule has 1 heterocycles. The predicted molar refractivity (Wildman–Crippen MR) is 92.5 cm³/mol. The second-order valence-corrected chi connectivity index (χ2v) is 6.18. The van der Waals surface area contributed by atoms with Gasteiger partial charge in [0.2, 0.25) is 6.54 Å². The fourth-order valence-electron chi connectivity index (χ4n) is 3.03. The minimum absolute atomic E-state index is 0.108. The first kappa shape index (κ1) is 15.3. The van der Waals surface area contributed by atoms with Gasteiger partial charge in [-0.05, 0) is 28.7 Å². The maximum Gasteiger partial charge on any atom is 0.214 e. The van der Waals surface area contributed by atoms with Gasteiger partial charge in [-0.3, -0.25) is 10.1 Å². The van der Waals surface area contributed by atoms with E-state index in [0.717, 1.165) is 22.0 Å². The Hall–Kier alpha value is -2.62. The molecule has 1 N–H and O–H groups in total. The molecule has 0 aliphatic heterocycles. The first-order chi connectivity index (χ1) is 11.1. The number of nitrogens with one attached hydrogen (secondary N) is 1. The number of hydrogen-bond donors (Lipinski definition) is 1. The molecule has 0 unspecified atom stereocenters. The number of fused-ring (bicyclic) bond motifs is 1. The lowest BCUT2D eigenvalue weighted by Crippen LogP contribution is -2.13. The third-order valence-corrected chi connectivity index (χ3v) is 4.31. The fraction of sp³-hybridized carbons (Fsp3) is 0.263. The molecule has 0 spiro atoms. The first-order valence-electron chi connectivity index (χ1n) is 7.84. The van der Waals surface area contributed by atoms with Crippen molar-refractivity contribution in [2.45, 2.75) is 25.7 Å². The molecule has 0 saturated heterocycles. The van der Waals surface area contributed by atoms with Crippen LogP contribution in [0.5, 0.6) is 0 Å². The molecule has 0 saturated carbocycles. The van der Waals surface area contributed by atoms with Crippen LogP contribution in [0.3, 0.4) is 0 Å². The highest BCUT2D eigenvalue weighted by Crippen LogP contribution is 2.32. The van der Waals surface area contributed by atoms with E-state index in [2.05, 4.69) is 37.0 Å². The van der Waals surface area contributed by atoms with Gasteiger partial charge < -0.3 is 4.98 Å². The third kappa shape index (κ3) is 3.11. The van der Waals surface area contributed by atoms with Crippen molar-refractivity contribution in [2.24, 2.45) is 0 Å². The quantitative estimate of drug-likeness (QED) is 0.548. The normalized spacial score (nSPS) is 12.7. The second kappa shape index (κ2) is 6.24.